The Labute approximate surface area is 129 Å². The van der Waals surface area contributed by atoms with Gasteiger partial charge in [0.15, 0.2) is 7.71 Å². The van der Waals surface area contributed by atoms with Gasteiger partial charge < -0.3 is 4.74 Å². The summed E-state index contributed by atoms with van der Waals surface area (Å²) >= 11 is 18.3. The van der Waals surface area contributed by atoms with E-state index in [4.69, 9.17) is 39.0 Å². The van der Waals surface area contributed by atoms with Crippen LogP contribution < -0.4 is 4.74 Å². The van der Waals surface area contributed by atoms with E-state index in [1.165, 1.54) is 0 Å². The molecule has 2 aromatic rings. The third kappa shape index (κ3) is 4.21. The highest BCUT2D eigenvalue weighted by Crippen LogP contribution is 2.27. The maximum Gasteiger partial charge on any atom is 0.173 e. The monoisotopic (exact) mass is 330 g/mol. The number of para-hydroxylation sites is 1. The molecule has 0 aliphatic heterocycles. The van der Waals surface area contributed by atoms with Crippen molar-refractivity contribution in [2.24, 2.45) is 0 Å². The van der Waals surface area contributed by atoms with Crippen LogP contribution in [0.15, 0.2) is 42.1 Å². The maximum absolute atomic E-state index is 6.18. The van der Waals surface area contributed by atoms with Crippen LogP contribution in [-0.4, -0.2) is 14.3 Å². The van der Waals surface area contributed by atoms with Gasteiger partial charge in [0, 0.05) is 0 Å². The zero-order valence-corrected chi connectivity index (χ0v) is 13.5. The lowest BCUT2D eigenvalue weighted by Gasteiger charge is -2.08. The molecular weight excluding hydrogens is 319 g/mol. The molecule has 100 valence electrons. The van der Waals surface area contributed by atoms with E-state index in [0.717, 1.165) is 24.2 Å². The van der Waals surface area contributed by atoms with Crippen molar-refractivity contribution in [3.63, 3.8) is 0 Å². The van der Waals surface area contributed by atoms with Crippen molar-refractivity contribution in [2.75, 3.05) is 6.61 Å². The van der Waals surface area contributed by atoms with Crippen LogP contribution in [0.2, 0.25) is 9.66 Å². The van der Waals surface area contributed by atoms with Crippen molar-refractivity contribution in [2.45, 2.75) is 12.8 Å². The van der Waals surface area contributed by atoms with Gasteiger partial charge in [0.2, 0.25) is 0 Å². The molecule has 0 amide bonds. The van der Waals surface area contributed by atoms with E-state index in [9.17, 15) is 0 Å². The van der Waals surface area contributed by atoms with Gasteiger partial charge in [-0.25, -0.2) is 0 Å². The molecule has 0 saturated heterocycles. The smallest absolute Gasteiger partial charge is 0.173 e. The van der Waals surface area contributed by atoms with Gasteiger partial charge in [0.1, 0.15) is 5.75 Å². The Bertz CT molecular complexity index is 546. The summed E-state index contributed by atoms with van der Waals surface area (Å²) in [5, 5.41) is 0.618. The minimum Gasteiger partial charge on any atom is -0.494 e. The fourth-order valence-electron chi connectivity index (χ4n) is 1.73. The second-order valence-corrected chi connectivity index (χ2v) is 7.92. The van der Waals surface area contributed by atoms with E-state index < -0.39 is 7.71 Å². The Hall–Kier alpha value is -0.543. The van der Waals surface area contributed by atoms with Crippen molar-refractivity contribution in [1.82, 2.24) is 0 Å². The summed E-state index contributed by atoms with van der Waals surface area (Å²) in [7, 11) is -1.27. The quantitative estimate of drug-likeness (QED) is 0.424. The first kappa shape index (κ1) is 14.9. The molecule has 0 spiro atoms. The Kier molecular flexibility index (Phi) is 5.70. The Morgan fingerprint density at radius 1 is 1.05 bits per heavy atom. The van der Waals surface area contributed by atoms with Crippen LogP contribution in [0, 0.1) is 0 Å². The highest BCUT2D eigenvalue weighted by Gasteiger charge is 2.08. The molecule has 0 N–H and O–H groups in total. The summed E-state index contributed by atoms with van der Waals surface area (Å²) in [6.45, 7) is 0.655. The van der Waals surface area contributed by atoms with Crippen molar-refractivity contribution < 1.29 is 4.74 Å². The van der Waals surface area contributed by atoms with Gasteiger partial charge in [-0.05, 0) is 30.5 Å². The highest BCUT2D eigenvalue weighted by molar-refractivity contribution is 7.06. The molecule has 0 bridgehead atoms. The molecule has 1 aromatic carbocycles. The number of halogens is 3. The van der Waals surface area contributed by atoms with Crippen LogP contribution in [0.4, 0.5) is 0 Å². The molecule has 1 nitrogen and oxygen atoms in total. The van der Waals surface area contributed by atoms with Gasteiger partial charge in [-0.3, -0.25) is 0 Å². The van der Waals surface area contributed by atoms with Gasteiger partial charge >= 0.3 is 0 Å². The fraction of sp³-hybridized carbons (Fsp3) is 0.214. The van der Waals surface area contributed by atoms with E-state index in [0.29, 0.717) is 16.3 Å². The first-order chi connectivity index (χ1) is 9.18. The van der Waals surface area contributed by atoms with Crippen LogP contribution >= 0.6 is 34.3 Å². The first-order valence-corrected chi connectivity index (χ1v) is 9.33. The highest BCUT2D eigenvalue weighted by atomic mass is 35.6. The molecule has 2 rings (SSSR count). The number of rotatable bonds is 5. The summed E-state index contributed by atoms with van der Waals surface area (Å²) in [5.41, 5.74) is 2.99. The molecule has 0 aliphatic carbocycles. The normalized spacial score (nSPS) is 10.5. The molecule has 1 aromatic heterocycles. The number of benzene rings is 1. The lowest BCUT2D eigenvalue weighted by atomic mass is 10.2. The summed E-state index contributed by atoms with van der Waals surface area (Å²) in [6, 6.07) is 11.7. The van der Waals surface area contributed by atoms with Crippen LogP contribution in [0.3, 0.4) is 0 Å². The summed E-state index contributed by atoms with van der Waals surface area (Å²) in [5.74, 6) is 0.887. The minimum atomic E-state index is -1.27. The van der Waals surface area contributed by atoms with E-state index >= 15 is 0 Å². The van der Waals surface area contributed by atoms with Crippen LogP contribution in [0.1, 0.15) is 12.0 Å². The lowest BCUT2D eigenvalue weighted by molar-refractivity contribution is 0.311. The average molecular weight is 332 g/mol. The van der Waals surface area contributed by atoms with Crippen molar-refractivity contribution in [3.8, 4) is 5.75 Å². The Balaban J connectivity index is 1.85. The third-order valence-electron chi connectivity index (χ3n) is 2.72. The standard InChI is InChI=1S/C14H13Cl3OSi/c15-13-11(8-10-19(17)14(13)16)5-4-9-18-12-6-2-1-3-7-12/h1-3,6-8,10H,4-5,9H2. The van der Waals surface area contributed by atoms with Crippen LogP contribution in [0.25, 0.3) is 0 Å². The lowest BCUT2D eigenvalue weighted by Crippen LogP contribution is -2.01. The molecular formula is C14H13Cl3OSi. The first-order valence-electron chi connectivity index (χ1n) is 5.98. The largest absolute Gasteiger partial charge is 0.494 e. The Morgan fingerprint density at radius 3 is 2.53 bits per heavy atom. The van der Waals surface area contributed by atoms with Gasteiger partial charge in [-0.1, -0.05) is 53.1 Å². The van der Waals surface area contributed by atoms with Gasteiger partial charge in [-0.15, -0.1) is 11.1 Å². The fourth-order valence-corrected chi connectivity index (χ4v) is 3.98. The maximum atomic E-state index is 6.18. The molecule has 0 saturated carbocycles. The molecule has 0 radical (unpaired) electrons. The number of hydrogen-bond acceptors (Lipinski definition) is 1. The molecule has 0 aliphatic rings. The van der Waals surface area contributed by atoms with Gasteiger partial charge in [0.25, 0.3) is 0 Å². The average Bonchev–Trinajstić information content (AvgIpc) is 2.44. The van der Waals surface area contributed by atoms with Crippen molar-refractivity contribution in [3.05, 3.63) is 57.3 Å². The van der Waals surface area contributed by atoms with E-state index in [1.54, 1.807) is 0 Å². The molecule has 0 fully saturated rings. The molecule has 1 heterocycles. The van der Waals surface area contributed by atoms with Crippen LogP contribution in [-0.2, 0) is 6.42 Å². The van der Waals surface area contributed by atoms with E-state index in [1.807, 2.05) is 42.1 Å². The number of aryl methyl sites for hydroxylation is 1. The van der Waals surface area contributed by atoms with E-state index in [2.05, 4.69) is 0 Å². The predicted octanol–water partition coefficient (Wildman–Crippen LogP) is 5.03. The molecule has 0 atom stereocenters. The summed E-state index contributed by atoms with van der Waals surface area (Å²) < 4.78 is 6.24. The zero-order chi connectivity index (χ0) is 13.7. The third-order valence-corrected chi connectivity index (χ3v) is 6.57. The van der Waals surface area contributed by atoms with Crippen LogP contribution in [0.5, 0.6) is 5.75 Å². The minimum absolute atomic E-state index is 0.606. The van der Waals surface area contributed by atoms with E-state index in [-0.39, 0.29) is 0 Å². The predicted molar refractivity (Wildman–Crippen MR) is 83.9 cm³/mol. The van der Waals surface area contributed by atoms with Crippen molar-refractivity contribution >= 4 is 42.0 Å². The molecule has 5 heteroatoms. The topological polar surface area (TPSA) is 9.23 Å². The second-order valence-electron chi connectivity index (χ2n) is 4.10. The van der Waals surface area contributed by atoms with Gasteiger partial charge in [0.05, 0.1) is 16.3 Å². The second kappa shape index (κ2) is 7.30. The Morgan fingerprint density at radius 2 is 1.79 bits per heavy atom. The molecule has 19 heavy (non-hydrogen) atoms. The zero-order valence-electron chi connectivity index (χ0n) is 10.2. The SMILES string of the molecule is Clc1c(CCCOc2ccccc2)cc[si](Cl)c1Cl. The molecule has 0 unspecified atom stereocenters. The van der Waals surface area contributed by atoms with Gasteiger partial charge in [-0.2, -0.15) is 0 Å². The number of hydrogen-bond donors (Lipinski definition) is 0. The number of ether oxygens (including phenoxy) is 1. The van der Waals surface area contributed by atoms with Crippen molar-refractivity contribution in [1.29, 1.82) is 0 Å². The summed E-state index contributed by atoms with van der Waals surface area (Å²) in [6.07, 6.45) is 1.73. The summed E-state index contributed by atoms with van der Waals surface area (Å²) in [4.78, 5) is 0.